The van der Waals surface area contributed by atoms with Crippen LogP contribution in [0.25, 0.3) is 10.4 Å². The number of carboxylic acids is 1. The van der Waals surface area contributed by atoms with Gasteiger partial charge in [0.15, 0.2) is 5.60 Å². The Labute approximate surface area is 226 Å². The molecule has 0 aliphatic rings. The molecular weight excluding hydrogens is 550 g/mol. The Morgan fingerprint density at radius 1 is 1.03 bits per heavy atom. The molecule has 2 aromatic carbocycles. The molecule has 1 heterocycles. The molecule has 0 aliphatic heterocycles. The van der Waals surface area contributed by atoms with Gasteiger partial charge in [0, 0.05) is 4.88 Å². The van der Waals surface area contributed by atoms with Crippen LogP contribution < -0.4 is 4.74 Å². The summed E-state index contributed by atoms with van der Waals surface area (Å²) in [7, 11) is 1.44. The first-order valence-electron chi connectivity index (χ1n) is 11.1. The Hall–Kier alpha value is -2.75. The van der Waals surface area contributed by atoms with Crippen LogP contribution in [0, 0.1) is 0 Å². The fraction of sp³-hybridized carbons (Fsp3) is 0.308. The zero-order valence-electron chi connectivity index (χ0n) is 20.2. The minimum atomic E-state index is -4.25. The van der Waals surface area contributed by atoms with E-state index < -0.39 is 24.2 Å². The van der Waals surface area contributed by atoms with Crippen molar-refractivity contribution in [3.63, 3.8) is 0 Å². The van der Waals surface area contributed by atoms with E-state index in [9.17, 15) is 23.1 Å². The fourth-order valence-electron chi connectivity index (χ4n) is 3.41. The van der Waals surface area contributed by atoms with Gasteiger partial charge in [0.05, 0.1) is 22.0 Å². The van der Waals surface area contributed by atoms with Gasteiger partial charge in [-0.25, -0.2) is 4.79 Å². The van der Waals surface area contributed by atoms with Crippen LogP contribution in [0.4, 0.5) is 13.2 Å². The highest BCUT2D eigenvalue weighted by atomic mass is 35.5. The van der Waals surface area contributed by atoms with Gasteiger partial charge in [-0.15, -0.1) is 11.3 Å². The number of benzene rings is 2. The van der Waals surface area contributed by atoms with Crippen LogP contribution in [0.1, 0.15) is 36.3 Å². The van der Waals surface area contributed by atoms with Gasteiger partial charge in [0.2, 0.25) is 0 Å². The van der Waals surface area contributed by atoms with E-state index in [0.717, 1.165) is 15.3 Å². The van der Waals surface area contributed by atoms with Gasteiger partial charge in [-0.1, -0.05) is 58.7 Å². The number of alkyl halides is 3. The van der Waals surface area contributed by atoms with Crippen molar-refractivity contribution in [2.45, 2.75) is 44.9 Å². The second kappa shape index (κ2) is 11.8. The number of hydrogen-bond acceptors (Lipinski definition) is 5. The Kier molecular flexibility index (Phi) is 9.15. The van der Waals surface area contributed by atoms with E-state index >= 15 is 0 Å². The van der Waals surface area contributed by atoms with Gasteiger partial charge in [-0.2, -0.15) is 13.2 Å². The van der Waals surface area contributed by atoms with Crippen LogP contribution in [-0.4, -0.2) is 35.7 Å². The van der Waals surface area contributed by atoms with Crippen molar-refractivity contribution in [1.29, 1.82) is 0 Å². The van der Waals surface area contributed by atoms with E-state index in [4.69, 9.17) is 32.8 Å². The van der Waals surface area contributed by atoms with Gasteiger partial charge in [-0.05, 0) is 61.6 Å². The standard InChI is InChI=1S/C26H24Cl2F3NO4S/c1-25(2,24(33)34)36-19-11-9-17(22(27)23(19)28)8-10-18(32-35-3)21-13-12-20(37-21)16-6-4-15(5-7-16)14-26(29,30)31/h4-7,9,11-13H,8,10,14H2,1-3H3,(H,33,34). The van der Waals surface area contributed by atoms with Crippen molar-refractivity contribution < 1.29 is 32.6 Å². The van der Waals surface area contributed by atoms with Crippen LogP contribution in [0.3, 0.4) is 0 Å². The molecule has 0 amide bonds. The smallest absolute Gasteiger partial charge is 0.393 e. The number of aliphatic carboxylic acids is 1. The number of ether oxygens (including phenoxy) is 1. The normalized spacial score (nSPS) is 12.5. The summed E-state index contributed by atoms with van der Waals surface area (Å²) < 4.78 is 43.4. The third kappa shape index (κ3) is 7.63. The molecule has 1 N–H and O–H groups in total. The van der Waals surface area contributed by atoms with E-state index in [1.807, 2.05) is 12.1 Å². The highest BCUT2D eigenvalue weighted by molar-refractivity contribution is 7.17. The van der Waals surface area contributed by atoms with E-state index in [0.29, 0.717) is 24.1 Å². The van der Waals surface area contributed by atoms with Crippen molar-refractivity contribution in [3.05, 3.63) is 74.6 Å². The molecule has 198 valence electrons. The van der Waals surface area contributed by atoms with Gasteiger partial charge in [-0.3, -0.25) is 0 Å². The highest BCUT2D eigenvalue weighted by Gasteiger charge is 2.31. The number of carbonyl (C=O) groups is 1. The van der Waals surface area contributed by atoms with E-state index in [1.165, 1.54) is 44.4 Å². The maximum absolute atomic E-state index is 12.6. The van der Waals surface area contributed by atoms with Crippen molar-refractivity contribution in [2.24, 2.45) is 5.16 Å². The Bertz CT molecular complexity index is 1290. The lowest BCUT2D eigenvalue weighted by molar-refractivity contribution is -0.152. The van der Waals surface area contributed by atoms with Crippen LogP contribution in [0.2, 0.25) is 10.0 Å². The number of nitrogens with zero attached hydrogens (tertiary/aromatic N) is 1. The maximum Gasteiger partial charge on any atom is 0.393 e. The summed E-state index contributed by atoms with van der Waals surface area (Å²) in [5, 5.41) is 13.8. The van der Waals surface area contributed by atoms with Crippen LogP contribution >= 0.6 is 34.5 Å². The summed E-state index contributed by atoms with van der Waals surface area (Å²) in [5.74, 6) is -0.977. The SMILES string of the molecule is CON=C(CCc1ccc(OC(C)(C)C(=O)O)c(Cl)c1Cl)c1ccc(-c2ccc(CC(F)(F)F)cc2)s1. The molecule has 0 aliphatic carbocycles. The zero-order chi connectivity index (χ0) is 27.4. The van der Waals surface area contributed by atoms with Gasteiger partial charge in [0.1, 0.15) is 17.9 Å². The molecule has 0 atom stereocenters. The third-order valence-electron chi connectivity index (χ3n) is 5.37. The summed E-state index contributed by atoms with van der Waals surface area (Å²) in [6.07, 6.45) is -4.30. The van der Waals surface area contributed by atoms with Gasteiger partial charge < -0.3 is 14.7 Å². The zero-order valence-corrected chi connectivity index (χ0v) is 22.5. The monoisotopic (exact) mass is 573 g/mol. The molecule has 0 radical (unpaired) electrons. The topological polar surface area (TPSA) is 68.1 Å². The Morgan fingerprint density at radius 3 is 2.30 bits per heavy atom. The second-order valence-corrected chi connectivity index (χ2v) is 10.5. The van der Waals surface area contributed by atoms with Crippen molar-refractivity contribution in [3.8, 4) is 16.2 Å². The predicted octanol–water partition coefficient (Wildman–Crippen LogP) is 8.05. The first kappa shape index (κ1) is 28.8. The average Bonchev–Trinajstić information content (AvgIpc) is 3.30. The highest BCUT2D eigenvalue weighted by Crippen LogP contribution is 2.37. The molecule has 0 fully saturated rings. The summed E-state index contributed by atoms with van der Waals surface area (Å²) in [4.78, 5) is 18.1. The van der Waals surface area contributed by atoms with E-state index in [1.54, 1.807) is 24.3 Å². The van der Waals surface area contributed by atoms with E-state index in [-0.39, 0.29) is 21.4 Å². The quantitative estimate of drug-likeness (QED) is 0.197. The summed E-state index contributed by atoms with van der Waals surface area (Å²) in [6, 6.07) is 13.3. The number of oxime groups is 1. The molecule has 5 nitrogen and oxygen atoms in total. The summed E-state index contributed by atoms with van der Waals surface area (Å²) >= 11 is 14.2. The molecular formula is C26H24Cl2F3NO4S. The van der Waals surface area contributed by atoms with E-state index in [2.05, 4.69) is 5.16 Å². The second-order valence-electron chi connectivity index (χ2n) is 8.64. The lowest BCUT2D eigenvalue weighted by Gasteiger charge is -2.23. The molecule has 0 bridgehead atoms. The molecule has 1 aromatic heterocycles. The molecule has 37 heavy (non-hydrogen) atoms. The van der Waals surface area contributed by atoms with Crippen molar-refractivity contribution in [1.82, 2.24) is 0 Å². The predicted molar refractivity (Wildman–Crippen MR) is 140 cm³/mol. The Morgan fingerprint density at radius 2 is 1.70 bits per heavy atom. The van der Waals surface area contributed by atoms with Gasteiger partial charge >= 0.3 is 12.1 Å². The number of rotatable bonds is 10. The van der Waals surface area contributed by atoms with Crippen LogP contribution in [0.5, 0.6) is 5.75 Å². The van der Waals surface area contributed by atoms with Gasteiger partial charge in [0.25, 0.3) is 0 Å². The molecule has 3 aromatic rings. The molecule has 0 spiro atoms. The van der Waals surface area contributed by atoms with Crippen LogP contribution in [-0.2, 0) is 22.5 Å². The largest absolute Gasteiger partial charge is 0.478 e. The number of aryl methyl sites for hydroxylation is 1. The number of carboxylic acid groups (broad SMARTS) is 1. The number of halogens is 5. The van der Waals surface area contributed by atoms with Crippen molar-refractivity contribution in [2.75, 3.05) is 7.11 Å². The molecule has 0 saturated carbocycles. The Balaban J connectivity index is 1.74. The third-order valence-corrected chi connectivity index (χ3v) is 7.46. The minimum absolute atomic E-state index is 0.117. The summed E-state index contributed by atoms with van der Waals surface area (Å²) in [5.41, 5.74) is 0.893. The fourth-order valence-corrected chi connectivity index (χ4v) is 4.90. The number of thiophene rings is 1. The lowest BCUT2D eigenvalue weighted by atomic mass is 10.1. The van der Waals surface area contributed by atoms with Crippen LogP contribution in [0.15, 0.2) is 53.7 Å². The molecule has 11 heteroatoms. The first-order valence-corrected chi connectivity index (χ1v) is 12.6. The average molecular weight is 574 g/mol. The molecule has 0 saturated heterocycles. The maximum atomic E-state index is 12.6. The molecule has 0 unspecified atom stereocenters. The summed E-state index contributed by atoms with van der Waals surface area (Å²) in [6.45, 7) is 2.82. The molecule has 3 rings (SSSR count). The minimum Gasteiger partial charge on any atom is -0.478 e. The van der Waals surface area contributed by atoms with Crippen molar-refractivity contribution >= 4 is 46.2 Å². The lowest BCUT2D eigenvalue weighted by Crippen LogP contribution is -2.38. The number of hydrogen-bond donors (Lipinski definition) is 1. The first-order chi connectivity index (χ1) is 17.3.